The van der Waals surface area contributed by atoms with E-state index in [0.29, 0.717) is 6.54 Å². The van der Waals surface area contributed by atoms with Gasteiger partial charge in [0.05, 0.1) is 13.2 Å². The molecule has 5 nitrogen and oxygen atoms in total. The molecule has 1 amide bonds. The molecule has 3 rings (SSSR count). The lowest BCUT2D eigenvalue weighted by Crippen LogP contribution is -3.28. The molecule has 1 aromatic carbocycles. The van der Waals surface area contributed by atoms with Gasteiger partial charge in [-0.05, 0) is 37.4 Å². The fourth-order valence-corrected chi connectivity index (χ4v) is 4.49. The second-order valence-corrected chi connectivity index (χ2v) is 8.45. The first-order valence-electron chi connectivity index (χ1n) is 9.68. The highest BCUT2D eigenvalue weighted by atomic mass is 32.1. The maximum atomic E-state index is 12.4. The second-order valence-electron chi connectivity index (χ2n) is 7.47. The lowest BCUT2D eigenvalue weighted by molar-refractivity contribution is -1.02. The summed E-state index contributed by atoms with van der Waals surface area (Å²) in [6, 6.07) is 10.6. The maximum absolute atomic E-state index is 12.4. The van der Waals surface area contributed by atoms with Crippen molar-refractivity contribution in [2.75, 3.05) is 39.8 Å². The number of methoxy groups -OCH3 is 1. The van der Waals surface area contributed by atoms with Crippen LogP contribution in [0.4, 0.5) is 0 Å². The van der Waals surface area contributed by atoms with Crippen LogP contribution < -0.4 is 19.9 Å². The number of ether oxygens (including phenoxy) is 1. The smallest absolute Gasteiger partial charge is 0.275 e. The number of benzene rings is 1. The molecule has 3 N–H and O–H groups in total. The fraction of sp³-hybridized carbons (Fsp3) is 0.476. The largest absolute Gasteiger partial charge is 0.496 e. The van der Waals surface area contributed by atoms with Crippen LogP contribution in [0.1, 0.15) is 29.0 Å². The van der Waals surface area contributed by atoms with Crippen molar-refractivity contribution >= 4 is 17.2 Å². The molecule has 0 spiro atoms. The van der Waals surface area contributed by atoms with Gasteiger partial charge >= 0.3 is 0 Å². The Morgan fingerprint density at radius 3 is 2.63 bits per heavy atom. The SMILES string of the molecule is COc1ccc(C)cc1C[NH+]1CC[NH+](CC(=O)N[C@H](C)c2cccs2)CC1. The average molecular weight is 390 g/mol. The summed E-state index contributed by atoms with van der Waals surface area (Å²) in [4.78, 5) is 16.5. The third-order valence-corrected chi connectivity index (χ3v) is 6.35. The number of carbonyl (C=O) groups is 1. The topological polar surface area (TPSA) is 47.2 Å². The van der Waals surface area contributed by atoms with Gasteiger partial charge in [0.25, 0.3) is 5.91 Å². The molecular formula is C21H31N3O2S+2. The molecule has 1 aromatic heterocycles. The Hall–Kier alpha value is -1.89. The Morgan fingerprint density at radius 1 is 1.22 bits per heavy atom. The molecular weight excluding hydrogens is 358 g/mol. The van der Waals surface area contributed by atoms with Crippen molar-refractivity contribution in [2.24, 2.45) is 0 Å². The Labute approximate surface area is 165 Å². The van der Waals surface area contributed by atoms with Gasteiger partial charge in [-0.15, -0.1) is 11.3 Å². The van der Waals surface area contributed by atoms with E-state index in [1.807, 2.05) is 6.07 Å². The van der Waals surface area contributed by atoms with E-state index in [4.69, 9.17) is 4.74 Å². The normalized spacial score (nSPS) is 20.9. The van der Waals surface area contributed by atoms with Gasteiger partial charge in [-0.2, -0.15) is 0 Å². The van der Waals surface area contributed by atoms with Crippen molar-refractivity contribution in [1.29, 1.82) is 0 Å². The van der Waals surface area contributed by atoms with E-state index < -0.39 is 0 Å². The van der Waals surface area contributed by atoms with Crippen LogP contribution in [0.2, 0.25) is 0 Å². The van der Waals surface area contributed by atoms with Gasteiger partial charge in [0, 0.05) is 10.4 Å². The number of piperazine rings is 1. The molecule has 1 aliphatic heterocycles. The molecule has 2 aromatic rings. The number of nitrogens with one attached hydrogen (secondary N) is 3. The minimum absolute atomic E-state index is 0.0950. The summed E-state index contributed by atoms with van der Waals surface area (Å²) in [6.45, 7) is 9.96. The Bertz CT molecular complexity index is 740. The van der Waals surface area contributed by atoms with Gasteiger partial charge in [-0.3, -0.25) is 4.79 Å². The van der Waals surface area contributed by atoms with E-state index in [0.717, 1.165) is 38.5 Å². The van der Waals surface area contributed by atoms with Crippen molar-refractivity contribution in [3.05, 3.63) is 51.7 Å². The molecule has 0 saturated carbocycles. The standard InChI is InChI=1S/C21H29N3O2S/c1-16-6-7-19(26-3)18(13-16)14-23-8-10-24(11-9-23)15-21(25)22-17(2)20-5-4-12-27-20/h4-7,12-13,17H,8-11,14-15H2,1-3H3,(H,22,25)/p+2/t17-/m1/s1. The summed E-state index contributed by atoms with van der Waals surface area (Å²) in [6.07, 6.45) is 0. The number of thiophene rings is 1. The van der Waals surface area contributed by atoms with Gasteiger partial charge < -0.3 is 19.9 Å². The van der Waals surface area contributed by atoms with Gasteiger partial charge in [0.1, 0.15) is 38.5 Å². The minimum Gasteiger partial charge on any atom is -0.496 e. The molecule has 0 radical (unpaired) electrons. The molecule has 146 valence electrons. The summed E-state index contributed by atoms with van der Waals surface area (Å²) in [5.41, 5.74) is 2.55. The van der Waals surface area contributed by atoms with Crippen LogP contribution in [0.5, 0.6) is 5.75 Å². The number of carbonyl (C=O) groups excluding carboxylic acids is 1. The number of amides is 1. The molecule has 0 unspecified atom stereocenters. The van der Waals surface area contributed by atoms with Crippen molar-refractivity contribution in [2.45, 2.75) is 26.4 Å². The molecule has 0 bridgehead atoms. The predicted molar refractivity (Wildman–Crippen MR) is 109 cm³/mol. The maximum Gasteiger partial charge on any atom is 0.275 e. The first-order chi connectivity index (χ1) is 13.0. The predicted octanol–water partition coefficient (Wildman–Crippen LogP) is 0.226. The zero-order valence-electron chi connectivity index (χ0n) is 16.5. The lowest BCUT2D eigenvalue weighted by atomic mass is 10.1. The van der Waals surface area contributed by atoms with E-state index in [-0.39, 0.29) is 11.9 Å². The van der Waals surface area contributed by atoms with Crippen LogP contribution in [0.15, 0.2) is 35.7 Å². The van der Waals surface area contributed by atoms with Crippen LogP contribution in [0.25, 0.3) is 0 Å². The monoisotopic (exact) mass is 389 g/mol. The van der Waals surface area contributed by atoms with Crippen molar-refractivity contribution < 1.29 is 19.3 Å². The number of rotatable bonds is 7. The summed E-state index contributed by atoms with van der Waals surface area (Å²) in [5.74, 6) is 1.12. The first-order valence-corrected chi connectivity index (χ1v) is 10.6. The van der Waals surface area contributed by atoms with Crippen molar-refractivity contribution in [1.82, 2.24) is 5.32 Å². The zero-order valence-corrected chi connectivity index (χ0v) is 17.3. The number of quaternary nitrogens is 2. The van der Waals surface area contributed by atoms with Crippen molar-refractivity contribution in [3.63, 3.8) is 0 Å². The van der Waals surface area contributed by atoms with E-state index in [1.54, 1.807) is 23.3 Å². The molecule has 1 saturated heterocycles. The third-order valence-electron chi connectivity index (χ3n) is 5.30. The van der Waals surface area contributed by atoms with Crippen LogP contribution in [-0.2, 0) is 11.3 Å². The number of hydrogen-bond donors (Lipinski definition) is 3. The van der Waals surface area contributed by atoms with E-state index in [2.05, 4.69) is 48.8 Å². The minimum atomic E-state index is 0.0950. The highest BCUT2D eigenvalue weighted by Gasteiger charge is 2.26. The van der Waals surface area contributed by atoms with E-state index in [1.165, 1.54) is 20.9 Å². The molecule has 1 aliphatic rings. The molecule has 1 atom stereocenters. The van der Waals surface area contributed by atoms with Crippen LogP contribution >= 0.6 is 11.3 Å². The molecule has 27 heavy (non-hydrogen) atoms. The number of hydrogen-bond acceptors (Lipinski definition) is 3. The highest BCUT2D eigenvalue weighted by molar-refractivity contribution is 7.10. The quantitative estimate of drug-likeness (QED) is 0.635. The Balaban J connectivity index is 1.45. The summed E-state index contributed by atoms with van der Waals surface area (Å²) < 4.78 is 5.51. The van der Waals surface area contributed by atoms with Crippen LogP contribution in [0.3, 0.4) is 0 Å². The Morgan fingerprint density at radius 2 is 1.96 bits per heavy atom. The molecule has 2 heterocycles. The summed E-state index contributed by atoms with van der Waals surface area (Å²) >= 11 is 1.69. The van der Waals surface area contributed by atoms with Crippen LogP contribution in [0, 0.1) is 6.92 Å². The molecule has 0 aliphatic carbocycles. The van der Waals surface area contributed by atoms with Gasteiger partial charge in [-0.25, -0.2) is 0 Å². The van der Waals surface area contributed by atoms with Gasteiger partial charge in [-0.1, -0.05) is 17.7 Å². The lowest BCUT2D eigenvalue weighted by Gasteiger charge is -2.30. The highest BCUT2D eigenvalue weighted by Crippen LogP contribution is 2.19. The Kier molecular flexibility index (Phi) is 6.88. The van der Waals surface area contributed by atoms with Gasteiger partial charge in [0.2, 0.25) is 0 Å². The van der Waals surface area contributed by atoms with E-state index >= 15 is 0 Å². The van der Waals surface area contributed by atoms with Crippen LogP contribution in [-0.4, -0.2) is 45.7 Å². The first kappa shape index (κ1) is 19.9. The second kappa shape index (κ2) is 9.35. The zero-order chi connectivity index (χ0) is 19.2. The van der Waals surface area contributed by atoms with E-state index in [9.17, 15) is 4.79 Å². The molecule has 6 heteroatoms. The number of aryl methyl sites for hydroxylation is 1. The molecule has 1 fully saturated rings. The van der Waals surface area contributed by atoms with Gasteiger partial charge in [0.15, 0.2) is 6.54 Å². The summed E-state index contributed by atoms with van der Waals surface area (Å²) in [7, 11) is 1.74. The fourth-order valence-electron chi connectivity index (χ4n) is 3.75. The average Bonchev–Trinajstić information content (AvgIpc) is 3.18. The summed E-state index contributed by atoms with van der Waals surface area (Å²) in [5, 5.41) is 5.18. The third kappa shape index (κ3) is 5.54. The van der Waals surface area contributed by atoms with Crippen molar-refractivity contribution in [3.8, 4) is 5.75 Å².